The maximum Gasteiger partial charge on any atom is 0.401 e. The first kappa shape index (κ1) is 20.2. The highest BCUT2D eigenvalue weighted by molar-refractivity contribution is 6.35. The number of carbonyl (C=O) groups excluding carboxylic acids is 2. The van der Waals surface area contributed by atoms with Crippen LogP contribution in [-0.4, -0.2) is 49.1 Å². The van der Waals surface area contributed by atoms with Gasteiger partial charge < -0.3 is 10.6 Å². The maximum absolute atomic E-state index is 12.8. The van der Waals surface area contributed by atoms with Crippen molar-refractivity contribution in [1.82, 2.24) is 15.5 Å². The molecule has 0 aliphatic carbocycles. The Balaban J connectivity index is 1.65. The fourth-order valence-corrected chi connectivity index (χ4v) is 2.78. The zero-order valence-electron chi connectivity index (χ0n) is 14.1. The molecule has 1 fully saturated rings. The summed E-state index contributed by atoms with van der Waals surface area (Å²) < 4.78 is 49.8. The summed E-state index contributed by atoms with van der Waals surface area (Å²) in [4.78, 5) is 24.8. The number of nitrogens with one attached hydrogen (secondary N) is 2. The number of alkyl halides is 3. The van der Waals surface area contributed by atoms with Crippen LogP contribution in [0.4, 0.5) is 17.6 Å². The van der Waals surface area contributed by atoms with Crippen molar-refractivity contribution in [2.24, 2.45) is 5.92 Å². The van der Waals surface area contributed by atoms with E-state index in [2.05, 4.69) is 10.6 Å². The predicted molar refractivity (Wildman–Crippen MR) is 86.5 cm³/mol. The van der Waals surface area contributed by atoms with Gasteiger partial charge in [-0.25, -0.2) is 4.39 Å². The fourth-order valence-electron chi connectivity index (χ4n) is 2.78. The Hall–Kier alpha value is -2.16. The van der Waals surface area contributed by atoms with Gasteiger partial charge in [-0.1, -0.05) is 12.1 Å². The van der Waals surface area contributed by atoms with Crippen LogP contribution in [0, 0.1) is 11.7 Å². The van der Waals surface area contributed by atoms with Crippen LogP contribution in [-0.2, 0) is 16.1 Å². The van der Waals surface area contributed by atoms with Crippen molar-refractivity contribution >= 4 is 11.8 Å². The summed E-state index contributed by atoms with van der Waals surface area (Å²) in [5.74, 6) is -1.93. The first-order chi connectivity index (χ1) is 12.2. The van der Waals surface area contributed by atoms with Crippen LogP contribution in [0.25, 0.3) is 0 Å². The highest BCUT2D eigenvalue weighted by Crippen LogP contribution is 2.22. The number of piperidine rings is 1. The number of benzene rings is 1. The number of likely N-dealkylation sites (tertiary alicyclic amines) is 1. The topological polar surface area (TPSA) is 61.4 Å². The van der Waals surface area contributed by atoms with Crippen LogP contribution in [0.15, 0.2) is 24.3 Å². The van der Waals surface area contributed by atoms with Crippen LogP contribution in [0.5, 0.6) is 0 Å². The molecule has 0 saturated carbocycles. The van der Waals surface area contributed by atoms with E-state index in [1.54, 1.807) is 0 Å². The predicted octanol–water partition coefficient (Wildman–Crippen LogP) is 1.83. The van der Waals surface area contributed by atoms with Crippen molar-refractivity contribution in [3.8, 4) is 0 Å². The number of rotatable bonds is 5. The minimum Gasteiger partial charge on any atom is -0.348 e. The lowest BCUT2D eigenvalue weighted by Crippen LogP contribution is -2.45. The first-order valence-corrected chi connectivity index (χ1v) is 8.32. The van der Waals surface area contributed by atoms with Gasteiger partial charge in [0.2, 0.25) is 0 Å². The normalized spacial score (nSPS) is 16.3. The van der Waals surface area contributed by atoms with Crippen molar-refractivity contribution < 1.29 is 27.2 Å². The van der Waals surface area contributed by atoms with Gasteiger partial charge in [0.1, 0.15) is 5.82 Å². The summed E-state index contributed by atoms with van der Waals surface area (Å²) in [6.07, 6.45) is -3.13. The molecule has 0 radical (unpaired) electrons. The summed E-state index contributed by atoms with van der Waals surface area (Å²) in [6, 6.07) is 5.52. The highest BCUT2D eigenvalue weighted by atomic mass is 19.4. The zero-order chi connectivity index (χ0) is 19.2. The van der Waals surface area contributed by atoms with Crippen molar-refractivity contribution in [2.75, 3.05) is 26.2 Å². The lowest BCUT2D eigenvalue weighted by atomic mass is 9.97. The summed E-state index contributed by atoms with van der Waals surface area (Å²) in [6.45, 7) is 0.0660. The smallest absolute Gasteiger partial charge is 0.348 e. The molecule has 9 heteroatoms. The van der Waals surface area contributed by atoms with Gasteiger partial charge in [-0.15, -0.1) is 0 Å². The second-order valence-corrected chi connectivity index (χ2v) is 6.35. The monoisotopic (exact) mass is 375 g/mol. The van der Waals surface area contributed by atoms with Crippen molar-refractivity contribution in [3.63, 3.8) is 0 Å². The standard InChI is InChI=1S/C17H21F4N3O2/c18-14-3-1-12(2-4-14)9-22-15(25)16(26)23-10-13-5-7-24(8-6-13)11-17(19,20)21/h1-4,13H,5-11H2,(H,22,25)(H,23,26). The SMILES string of the molecule is O=C(NCc1ccc(F)cc1)C(=O)NCC1CCN(CC(F)(F)F)CC1. The molecular weight excluding hydrogens is 354 g/mol. The molecule has 1 aliphatic rings. The van der Waals surface area contributed by atoms with E-state index in [0.29, 0.717) is 31.5 Å². The molecule has 2 rings (SSSR count). The third-order valence-electron chi connectivity index (χ3n) is 4.23. The Morgan fingerprint density at radius 1 is 1.04 bits per heavy atom. The highest BCUT2D eigenvalue weighted by Gasteiger charge is 2.32. The van der Waals surface area contributed by atoms with Crippen molar-refractivity contribution in [2.45, 2.75) is 25.6 Å². The number of halogens is 4. The van der Waals surface area contributed by atoms with Crippen LogP contribution in [0.2, 0.25) is 0 Å². The molecule has 5 nitrogen and oxygen atoms in total. The van der Waals surface area contributed by atoms with Crippen LogP contribution in [0.1, 0.15) is 18.4 Å². The van der Waals surface area contributed by atoms with Gasteiger partial charge in [-0.3, -0.25) is 14.5 Å². The number of hydrogen-bond donors (Lipinski definition) is 2. The Labute approximate surface area is 148 Å². The van der Waals surface area contributed by atoms with Gasteiger partial charge in [0, 0.05) is 13.1 Å². The van der Waals surface area contributed by atoms with Gasteiger partial charge in [0.25, 0.3) is 0 Å². The van der Waals surface area contributed by atoms with Gasteiger partial charge in [0.05, 0.1) is 6.54 Å². The molecular formula is C17H21F4N3O2. The second-order valence-electron chi connectivity index (χ2n) is 6.35. The van der Waals surface area contributed by atoms with Crippen molar-refractivity contribution in [1.29, 1.82) is 0 Å². The molecule has 1 heterocycles. The number of hydrogen-bond acceptors (Lipinski definition) is 3. The molecule has 0 spiro atoms. The average Bonchev–Trinajstić information content (AvgIpc) is 2.58. The number of carbonyl (C=O) groups is 2. The van der Waals surface area contributed by atoms with E-state index >= 15 is 0 Å². The van der Waals surface area contributed by atoms with E-state index in [1.165, 1.54) is 29.2 Å². The Kier molecular flexibility index (Phi) is 6.96. The molecule has 26 heavy (non-hydrogen) atoms. The fraction of sp³-hybridized carbons (Fsp3) is 0.529. The van der Waals surface area contributed by atoms with E-state index in [4.69, 9.17) is 0 Å². The van der Waals surface area contributed by atoms with Gasteiger partial charge in [-0.2, -0.15) is 13.2 Å². The van der Waals surface area contributed by atoms with E-state index in [9.17, 15) is 27.2 Å². The van der Waals surface area contributed by atoms with Crippen LogP contribution >= 0.6 is 0 Å². The molecule has 2 amide bonds. The average molecular weight is 375 g/mol. The summed E-state index contributed by atoms with van der Waals surface area (Å²) >= 11 is 0. The zero-order valence-corrected chi connectivity index (χ0v) is 14.1. The van der Waals surface area contributed by atoms with E-state index in [0.717, 1.165) is 0 Å². The number of nitrogens with zero attached hydrogens (tertiary/aromatic N) is 1. The molecule has 0 unspecified atom stereocenters. The molecule has 1 aromatic carbocycles. The Morgan fingerprint density at radius 3 is 2.19 bits per heavy atom. The molecule has 2 N–H and O–H groups in total. The summed E-state index contributed by atoms with van der Waals surface area (Å²) in [5.41, 5.74) is 0.657. The van der Waals surface area contributed by atoms with E-state index in [-0.39, 0.29) is 24.8 Å². The summed E-state index contributed by atoms with van der Waals surface area (Å²) in [5, 5.41) is 4.94. The Morgan fingerprint density at radius 2 is 1.62 bits per heavy atom. The Bertz CT molecular complexity index is 611. The molecule has 1 aromatic rings. The molecule has 0 atom stereocenters. The van der Waals surface area contributed by atoms with Crippen LogP contribution < -0.4 is 10.6 Å². The molecule has 144 valence electrons. The molecule has 1 saturated heterocycles. The molecule has 0 bridgehead atoms. The maximum atomic E-state index is 12.8. The van der Waals surface area contributed by atoms with Gasteiger partial charge in [-0.05, 0) is 49.5 Å². The minimum absolute atomic E-state index is 0.0494. The third-order valence-corrected chi connectivity index (χ3v) is 4.23. The third kappa shape index (κ3) is 6.99. The van der Waals surface area contributed by atoms with E-state index < -0.39 is 24.5 Å². The quantitative estimate of drug-likeness (QED) is 0.610. The first-order valence-electron chi connectivity index (χ1n) is 8.32. The largest absolute Gasteiger partial charge is 0.401 e. The lowest BCUT2D eigenvalue weighted by molar-refractivity contribution is -0.148. The molecule has 0 aromatic heterocycles. The molecule has 1 aliphatic heterocycles. The lowest BCUT2D eigenvalue weighted by Gasteiger charge is -2.32. The van der Waals surface area contributed by atoms with Gasteiger partial charge in [0.15, 0.2) is 0 Å². The van der Waals surface area contributed by atoms with Gasteiger partial charge >= 0.3 is 18.0 Å². The van der Waals surface area contributed by atoms with Crippen molar-refractivity contribution in [3.05, 3.63) is 35.6 Å². The summed E-state index contributed by atoms with van der Waals surface area (Å²) in [7, 11) is 0. The van der Waals surface area contributed by atoms with Crippen LogP contribution in [0.3, 0.4) is 0 Å². The minimum atomic E-state index is -4.20. The van der Waals surface area contributed by atoms with E-state index in [1.807, 2.05) is 0 Å². The second kappa shape index (κ2) is 8.98. The number of amides is 2.